The Morgan fingerprint density at radius 1 is 1.11 bits per heavy atom. The van der Waals surface area contributed by atoms with Crippen LogP contribution in [-0.2, 0) is 16.0 Å². The smallest absolute Gasteiger partial charge is 0.337 e. The van der Waals surface area contributed by atoms with Gasteiger partial charge in [0.15, 0.2) is 5.82 Å². The van der Waals surface area contributed by atoms with Gasteiger partial charge in [-0.05, 0) is 46.3 Å². The standard InChI is InChI=1S/C25H19ClFN7O4/c26-18-8-9-20(34-14-29-32-33-34)17(23(18)27)7-11-22(35)30-19(12-15-4-2-1-3-5-15)24(36)31-21-10-6-16(13-28-21)25(37)38/h1-11,13-14,19H,12H2,(H,30,35)(H,37,38)(H,28,31,36)/b11-7+/t19-/m0/s1. The van der Waals surface area contributed by atoms with Gasteiger partial charge in [0.25, 0.3) is 0 Å². The Bertz CT molecular complexity index is 1480. The van der Waals surface area contributed by atoms with Gasteiger partial charge >= 0.3 is 5.97 Å². The number of hydrogen-bond acceptors (Lipinski definition) is 7. The molecule has 0 radical (unpaired) electrons. The second-order valence-electron chi connectivity index (χ2n) is 7.86. The van der Waals surface area contributed by atoms with E-state index in [-0.39, 0.29) is 34.1 Å². The summed E-state index contributed by atoms with van der Waals surface area (Å²) in [6.07, 6.45) is 4.77. The first-order valence-corrected chi connectivity index (χ1v) is 11.4. The number of carboxylic acids is 1. The lowest BCUT2D eigenvalue weighted by atomic mass is 10.0. The highest BCUT2D eigenvalue weighted by atomic mass is 35.5. The third-order valence-electron chi connectivity index (χ3n) is 5.28. The van der Waals surface area contributed by atoms with E-state index in [4.69, 9.17) is 16.7 Å². The largest absolute Gasteiger partial charge is 0.478 e. The summed E-state index contributed by atoms with van der Waals surface area (Å²) in [5, 5.41) is 24.8. The molecule has 192 valence electrons. The molecular formula is C25H19ClFN7O4. The van der Waals surface area contributed by atoms with Gasteiger partial charge in [-0.2, -0.15) is 4.68 Å². The van der Waals surface area contributed by atoms with Gasteiger partial charge in [-0.3, -0.25) is 9.59 Å². The SMILES string of the molecule is O=C(/C=C/c1c(-n2cnnn2)ccc(Cl)c1F)N[C@@H](Cc1ccccc1)C(=O)Nc1ccc(C(=O)O)cn1. The number of nitrogens with zero attached hydrogens (tertiary/aromatic N) is 5. The van der Waals surface area contributed by atoms with Gasteiger partial charge in [-0.1, -0.05) is 41.9 Å². The minimum atomic E-state index is -1.16. The molecule has 1 atom stereocenters. The number of benzene rings is 2. The summed E-state index contributed by atoms with van der Waals surface area (Å²) in [6.45, 7) is 0. The molecule has 13 heteroatoms. The highest BCUT2D eigenvalue weighted by Gasteiger charge is 2.22. The maximum absolute atomic E-state index is 14.8. The molecule has 0 aliphatic carbocycles. The van der Waals surface area contributed by atoms with E-state index >= 15 is 0 Å². The van der Waals surface area contributed by atoms with Gasteiger partial charge in [0.2, 0.25) is 11.8 Å². The van der Waals surface area contributed by atoms with Crippen molar-refractivity contribution in [3.8, 4) is 5.69 Å². The Balaban J connectivity index is 1.54. The number of pyridine rings is 1. The highest BCUT2D eigenvalue weighted by Crippen LogP contribution is 2.25. The Kier molecular flexibility index (Phi) is 8.14. The zero-order valence-corrected chi connectivity index (χ0v) is 20.2. The molecule has 38 heavy (non-hydrogen) atoms. The van der Waals surface area contributed by atoms with Crippen molar-refractivity contribution in [1.29, 1.82) is 0 Å². The van der Waals surface area contributed by atoms with Crippen LogP contribution in [0.3, 0.4) is 0 Å². The lowest BCUT2D eigenvalue weighted by Gasteiger charge is -2.18. The molecular weight excluding hydrogens is 517 g/mol. The van der Waals surface area contributed by atoms with Crippen LogP contribution in [0.1, 0.15) is 21.5 Å². The number of carbonyl (C=O) groups is 3. The zero-order chi connectivity index (χ0) is 27.1. The number of tetrazole rings is 1. The molecule has 0 bridgehead atoms. The summed E-state index contributed by atoms with van der Waals surface area (Å²) < 4.78 is 16.0. The first kappa shape index (κ1) is 26.1. The second-order valence-corrected chi connectivity index (χ2v) is 8.27. The molecule has 2 aromatic heterocycles. The molecule has 0 saturated heterocycles. The quantitative estimate of drug-likeness (QED) is 0.277. The number of halogens is 2. The number of aromatic carboxylic acids is 1. The molecule has 2 heterocycles. The Labute approximate surface area is 220 Å². The van der Waals surface area contributed by atoms with Crippen LogP contribution >= 0.6 is 11.6 Å². The summed E-state index contributed by atoms with van der Waals surface area (Å²) in [7, 11) is 0. The van der Waals surface area contributed by atoms with Crippen molar-refractivity contribution in [1.82, 2.24) is 30.5 Å². The Hall–Kier alpha value is -4.97. The topological polar surface area (TPSA) is 152 Å². The average molecular weight is 536 g/mol. The van der Waals surface area contributed by atoms with Crippen molar-refractivity contribution >= 4 is 41.3 Å². The van der Waals surface area contributed by atoms with Gasteiger partial charge in [0.1, 0.15) is 18.2 Å². The Morgan fingerprint density at radius 2 is 1.89 bits per heavy atom. The number of carbonyl (C=O) groups excluding carboxylic acids is 2. The van der Waals surface area contributed by atoms with E-state index < -0.39 is 29.6 Å². The fourth-order valence-electron chi connectivity index (χ4n) is 3.43. The van der Waals surface area contributed by atoms with Gasteiger partial charge in [0, 0.05) is 24.3 Å². The molecule has 2 aromatic carbocycles. The van der Waals surface area contributed by atoms with Crippen LogP contribution in [0.25, 0.3) is 11.8 Å². The first-order valence-electron chi connectivity index (χ1n) is 11.1. The van der Waals surface area contributed by atoms with E-state index in [0.29, 0.717) is 0 Å². The number of anilines is 1. The maximum atomic E-state index is 14.8. The lowest BCUT2D eigenvalue weighted by Crippen LogP contribution is -2.44. The predicted octanol–water partition coefficient (Wildman–Crippen LogP) is 2.93. The van der Waals surface area contributed by atoms with Gasteiger partial charge in [-0.15, -0.1) is 5.10 Å². The molecule has 0 aliphatic heterocycles. The molecule has 0 saturated carbocycles. The summed E-state index contributed by atoms with van der Waals surface area (Å²) in [4.78, 5) is 40.8. The van der Waals surface area contributed by atoms with Gasteiger partial charge < -0.3 is 15.7 Å². The average Bonchev–Trinajstić information content (AvgIpc) is 3.45. The molecule has 0 aliphatic rings. The first-order chi connectivity index (χ1) is 18.3. The van der Waals surface area contributed by atoms with E-state index in [1.807, 2.05) is 6.07 Å². The van der Waals surface area contributed by atoms with E-state index in [1.54, 1.807) is 24.3 Å². The van der Waals surface area contributed by atoms with Crippen LogP contribution < -0.4 is 10.6 Å². The van der Waals surface area contributed by atoms with E-state index in [0.717, 1.165) is 17.8 Å². The van der Waals surface area contributed by atoms with Crippen molar-refractivity contribution in [2.24, 2.45) is 0 Å². The summed E-state index contributed by atoms with van der Waals surface area (Å²) in [5.41, 5.74) is 0.937. The molecule has 0 fully saturated rings. The molecule has 2 amide bonds. The van der Waals surface area contributed by atoms with Crippen LogP contribution in [0.15, 0.2) is 73.2 Å². The number of carboxylic acid groups (broad SMARTS) is 1. The number of rotatable bonds is 9. The van der Waals surface area contributed by atoms with Gasteiger partial charge in [-0.25, -0.2) is 14.2 Å². The van der Waals surface area contributed by atoms with Crippen molar-refractivity contribution in [2.45, 2.75) is 12.5 Å². The van der Waals surface area contributed by atoms with Crippen molar-refractivity contribution in [2.75, 3.05) is 5.32 Å². The van der Waals surface area contributed by atoms with Crippen LogP contribution in [0.4, 0.5) is 10.2 Å². The van der Waals surface area contributed by atoms with Crippen LogP contribution in [0, 0.1) is 5.82 Å². The molecule has 0 unspecified atom stereocenters. The third kappa shape index (κ3) is 6.42. The normalized spacial score (nSPS) is 11.7. The molecule has 11 nitrogen and oxygen atoms in total. The number of aromatic nitrogens is 5. The molecule has 4 aromatic rings. The van der Waals surface area contributed by atoms with Crippen molar-refractivity contribution < 1.29 is 23.9 Å². The summed E-state index contributed by atoms with van der Waals surface area (Å²) >= 11 is 5.92. The van der Waals surface area contributed by atoms with Gasteiger partial charge in [0.05, 0.1) is 16.3 Å². The highest BCUT2D eigenvalue weighted by molar-refractivity contribution is 6.31. The summed E-state index contributed by atoms with van der Waals surface area (Å²) in [6, 6.07) is 13.4. The second kappa shape index (κ2) is 11.8. The van der Waals surface area contributed by atoms with Crippen molar-refractivity contribution in [3.63, 3.8) is 0 Å². The maximum Gasteiger partial charge on any atom is 0.337 e. The lowest BCUT2D eigenvalue weighted by molar-refractivity contribution is -0.123. The third-order valence-corrected chi connectivity index (χ3v) is 5.58. The molecule has 0 spiro atoms. The van der Waals surface area contributed by atoms with E-state index in [2.05, 4.69) is 31.1 Å². The number of amides is 2. The van der Waals surface area contributed by atoms with E-state index in [1.165, 1.54) is 41.4 Å². The van der Waals surface area contributed by atoms with E-state index in [9.17, 15) is 18.8 Å². The fraction of sp³-hybridized carbons (Fsp3) is 0.0800. The Morgan fingerprint density at radius 3 is 2.55 bits per heavy atom. The number of hydrogen-bond donors (Lipinski definition) is 3. The molecule has 4 rings (SSSR count). The van der Waals surface area contributed by atoms with Crippen molar-refractivity contribution in [3.05, 3.63) is 101 Å². The van der Waals surface area contributed by atoms with Crippen LogP contribution in [-0.4, -0.2) is 54.1 Å². The predicted molar refractivity (Wildman–Crippen MR) is 135 cm³/mol. The van der Waals surface area contributed by atoms with Crippen LogP contribution in [0.5, 0.6) is 0 Å². The minimum absolute atomic E-state index is 0.0354. The van der Waals surface area contributed by atoms with Crippen LogP contribution in [0.2, 0.25) is 5.02 Å². The monoisotopic (exact) mass is 535 g/mol. The number of nitrogens with one attached hydrogen (secondary N) is 2. The fourth-order valence-corrected chi connectivity index (χ4v) is 3.60. The zero-order valence-electron chi connectivity index (χ0n) is 19.5. The summed E-state index contributed by atoms with van der Waals surface area (Å²) in [5.74, 6) is -3.10. The molecule has 3 N–H and O–H groups in total. The minimum Gasteiger partial charge on any atom is -0.478 e.